The van der Waals surface area contributed by atoms with Crippen molar-refractivity contribution in [1.82, 2.24) is 15.5 Å². The van der Waals surface area contributed by atoms with Gasteiger partial charge in [0.2, 0.25) is 0 Å². The second-order valence-electron chi connectivity index (χ2n) is 7.19. The number of guanidine groups is 1. The zero-order chi connectivity index (χ0) is 18.4. The summed E-state index contributed by atoms with van der Waals surface area (Å²) in [6.45, 7) is 6.17. The predicted octanol–water partition coefficient (Wildman–Crippen LogP) is 2.35. The predicted molar refractivity (Wildman–Crippen MR) is 113 cm³/mol. The average Bonchev–Trinajstić information content (AvgIpc) is 3.14. The third kappa shape index (κ3) is 5.30. The smallest absolute Gasteiger partial charge is 0.191 e. The van der Waals surface area contributed by atoms with Gasteiger partial charge in [-0.2, -0.15) is 0 Å². The first-order chi connectivity index (χ1) is 12.7. The molecule has 0 amide bonds. The summed E-state index contributed by atoms with van der Waals surface area (Å²) in [5.41, 5.74) is 1.50. The molecular weight excluding hydrogens is 364 g/mol. The lowest BCUT2D eigenvalue weighted by molar-refractivity contribution is 0.260. The highest BCUT2D eigenvalue weighted by Gasteiger charge is 2.26. The molecule has 1 fully saturated rings. The number of hydrogen-bond donors (Lipinski definition) is 2. The van der Waals surface area contributed by atoms with E-state index in [1.807, 2.05) is 25.3 Å². The first-order valence-electron chi connectivity index (χ1n) is 9.81. The van der Waals surface area contributed by atoms with Crippen molar-refractivity contribution in [2.45, 2.75) is 56.9 Å². The van der Waals surface area contributed by atoms with Crippen LogP contribution in [0.3, 0.4) is 0 Å². The number of nitrogens with one attached hydrogen (secondary N) is 2. The molecule has 2 heterocycles. The summed E-state index contributed by atoms with van der Waals surface area (Å²) >= 11 is 1.89. The maximum atomic E-state index is 12.1. The Morgan fingerprint density at radius 3 is 3.15 bits per heavy atom. The molecule has 7 heteroatoms. The molecule has 0 saturated heterocycles. The maximum absolute atomic E-state index is 12.1. The Labute approximate surface area is 164 Å². The zero-order valence-electron chi connectivity index (χ0n) is 16.0. The number of rotatable bonds is 6. The highest BCUT2D eigenvalue weighted by molar-refractivity contribution is 7.85. The molecule has 0 bridgehead atoms. The quantitative estimate of drug-likeness (QED) is 0.572. The van der Waals surface area contributed by atoms with E-state index in [0.29, 0.717) is 11.3 Å². The Balaban J connectivity index is 1.40. The Morgan fingerprint density at radius 1 is 1.46 bits per heavy atom. The topological polar surface area (TPSA) is 56.7 Å². The molecule has 146 valence electrons. The van der Waals surface area contributed by atoms with Crippen molar-refractivity contribution in [3.63, 3.8) is 0 Å². The zero-order valence-corrected chi connectivity index (χ0v) is 17.6. The summed E-state index contributed by atoms with van der Waals surface area (Å²) in [5, 5.41) is 9.57. The minimum Gasteiger partial charge on any atom is -0.355 e. The van der Waals surface area contributed by atoms with Gasteiger partial charge in [-0.15, -0.1) is 11.3 Å². The molecule has 1 aliphatic heterocycles. The third-order valence-electron chi connectivity index (χ3n) is 5.45. The molecular formula is C19H32N4OS2. The van der Waals surface area contributed by atoms with E-state index in [2.05, 4.69) is 32.0 Å². The van der Waals surface area contributed by atoms with E-state index in [-0.39, 0.29) is 0 Å². The number of thiophene rings is 1. The van der Waals surface area contributed by atoms with E-state index in [9.17, 15) is 4.21 Å². The van der Waals surface area contributed by atoms with Gasteiger partial charge in [0.05, 0.1) is 0 Å². The fourth-order valence-corrected chi connectivity index (χ4v) is 6.21. The molecule has 1 aliphatic carbocycles. The second kappa shape index (κ2) is 9.85. The van der Waals surface area contributed by atoms with Crippen molar-refractivity contribution in [2.24, 2.45) is 4.99 Å². The number of hydrogen-bond acceptors (Lipinski definition) is 4. The molecule has 0 spiro atoms. The lowest BCUT2D eigenvalue weighted by Crippen LogP contribution is -2.48. The van der Waals surface area contributed by atoms with Gasteiger partial charge >= 0.3 is 0 Å². The normalized spacial score (nSPS) is 25.5. The van der Waals surface area contributed by atoms with Crippen LogP contribution >= 0.6 is 11.3 Å². The van der Waals surface area contributed by atoms with E-state index in [1.165, 1.54) is 12.0 Å². The lowest BCUT2D eigenvalue weighted by atomic mass is 9.95. The van der Waals surface area contributed by atoms with Gasteiger partial charge in [0.25, 0.3) is 0 Å². The van der Waals surface area contributed by atoms with Crippen LogP contribution in [0.1, 0.15) is 43.0 Å². The van der Waals surface area contributed by atoms with Crippen LogP contribution in [0.2, 0.25) is 0 Å². The first kappa shape index (κ1) is 19.8. The van der Waals surface area contributed by atoms with Gasteiger partial charge in [-0.05, 0) is 42.7 Å². The fourth-order valence-electron chi connectivity index (χ4n) is 3.97. The molecule has 1 aromatic heterocycles. The Morgan fingerprint density at radius 2 is 2.35 bits per heavy atom. The minimum absolute atomic E-state index is 0.345. The maximum Gasteiger partial charge on any atom is 0.191 e. The molecule has 5 nitrogen and oxygen atoms in total. The van der Waals surface area contributed by atoms with Gasteiger partial charge in [0.15, 0.2) is 5.96 Å². The SMILES string of the molecule is CCS(=O)C1CCCC(NC(=NC)NCCN2CCc3sccc3C2)C1. The molecule has 0 radical (unpaired) electrons. The summed E-state index contributed by atoms with van der Waals surface area (Å²) in [5.74, 6) is 1.65. The van der Waals surface area contributed by atoms with Gasteiger partial charge in [0, 0.05) is 65.9 Å². The molecule has 1 aromatic rings. The van der Waals surface area contributed by atoms with Gasteiger partial charge in [0.1, 0.15) is 0 Å². The molecule has 3 rings (SSSR count). The Bertz CT molecular complexity index is 631. The molecule has 3 unspecified atom stereocenters. The van der Waals surface area contributed by atoms with Crippen LogP contribution in [0.25, 0.3) is 0 Å². The van der Waals surface area contributed by atoms with Crippen LogP contribution in [0, 0.1) is 0 Å². The highest BCUT2D eigenvalue weighted by atomic mass is 32.2. The van der Waals surface area contributed by atoms with Crippen LogP contribution in [-0.4, -0.2) is 58.8 Å². The molecule has 26 heavy (non-hydrogen) atoms. The lowest BCUT2D eigenvalue weighted by Gasteiger charge is -2.31. The summed E-state index contributed by atoms with van der Waals surface area (Å²) < 4.78 is 12.1. The van der Waals surface area contributed by atoms with Crippen molar-refractivity contribution in [1.29, 1.82) is 0 Å². The van der Waals surface area contributed by atoms with Crippen molar-refractivity contribution in [3.05, 3.63) is 21.9 Å². The highest BCUT2D eigenvalue weighted by Crippen LogP contribution is 2.24. The largest absolute Gasteiger partial charge is 0.355 e. The van der Waals surface area contributed by atoms with Crippen LogP contribution in [0.4, 0.5) is 0 Å². The van der Waals surface area contributed by atoms with Crippen molar-refractivity contribution in [3.8, 4) is 0 Å². The number of fused-ring (bicyclic) bond motifs is 1. The van der Waals surface area contributed by atoms with E-state index in [1.54, 1.807) is 4.88 Å². The standard InChI is InChI=1S/C19H32N4OS2/c1-3-26(24)17-6-4-5-16(13-17)22-19(20-2)21-9-11-23-10-7-18-15(14-23)8-12-25-18/h8,12,16-17H,3-7,9-11,13-14H2,1-2H3,(H2,20,21,22). The first-order valence-corrected chi connectivity index (χ1v) is 12.1. The van der Waals surface area contributed by atoms with Crippen molar-refractivity contribution >= 4 is 28.1 Å². The van der Waals surface area contributed by atoms with Gasteiger partial charge in [-0.1, -0.05) is 13.3 Å². The van der Waals surface area contributed by atoms with E-state index < -0.39 is 10.8 Å². The van der Waals surface area contributed by atoms with Crippen LogP contribution in [0.5, 0.6) is 0 Å². The van der Waals surface area contributed by atoms with E-state index in [0.717, 1.165) is 63.6 Å². The third-order valence-corrected chi connectivity index (χ3v) is 8.22. The molecule has 3 atom stereocenters. The Kier molecular flexibility index (Phi) is 7.52. The van der Waals surface area contributed by atoms with Gasteiger partial charge in [-0.3, -0.25) is 14.1 Å². The molecule has 2 aliphatic rings. The monoisotopic (exact) mass is 396 g/mol. The minimum atomic E-state index is -0.680. The summed E-state index contributed by atoms with van der Waals surface area (Å²) in [6, 6.07) is 2.65. The second-order valence-corrected chi connectivity index (χ2v) is 10.2. The van der Waals surface area contributed by atoms with Crippen molar-refractivity contribution in [2.75, 3.05) is 32.4 Å². The molecule has 0 aromatic carbocycles. The van der Waals surface area contributed by atoms with Crippen LogP contribution < -0.4 is 10.6 Å². The molecule has 2 N–H and O–H groups in total. The van der Waals surface area contributed by atoms with E-state index in [4.69, 9.17) is 0 Å². The Hall–Kier alpha value is -0.920. The van der Waals surface area contributed by atoms with E-state index >= 15 is 0 Å². The van der Waals surface area contributed by atoms with Crippen LogP contribution in [-0.2, 0) is 23.8 Å². The summed E-state index contributed by atoms with van der Waals surface area (Å²) in [7, 11) is 1.15. The number of nitrogens with zero attached hydrogens (tertiary/aromatic N) is 2. The average molecular weight is 397 g/mol. The summed E-state index contributed by atoms with van der Waals surface area (Å²) in [6.07, 6.45) is 5.57. The summed E-state index contributed by atoms with van der Waals surface area (Å²) in [4.78, 5) is 8.45. The van der Waals surface area contributed by atoms with Gasteiger partial charge in [-0.25, -0.2) is 0 Å². The fraction of sp³-hybridized carbons (Fsp3) is 0.737. The number of aliphatic imine (C=N–C) groups is 1. The molecule has 1 saturated carbocycles. The van der Waals surface area contributed by atoms with Crippen molar-refractivity contribution < 1.29 is 4.21 Å². The van der Waals surface area contributed by atoms with Crippen LogP contribution in [0.15, 0.2) is 16.4 Å². The van der Waals surface area contributed by atoms with Gasteiger partial charge < -0.3 is 10.6 Å².